The molecular weight excluding hydrogens is 185 g/mol. The number of nitrogens with two attached hydrogens (primary N) is 2. The fourth-order valence-corrected chi connectivity index (χ4v) is 0.161. The molecule has 0 saturated carbocycles. The Labute approximate surface area is 66.6 Å². The SMILES string of the molecule is Cl.NC(N)=N/N=C/C(F)(F)F. The molecule has 0 aromatic heterocycles. The second-order valence-corrected chi connectivity index (χ2v) is 1.31. The van der Waals surface area contributed by atoms with E-state index in [1.807, 2.05) is 0 Å². The van der Waals surface area contributed by atoms with Gasteiger partial charge in [0.15, 0.2) is 0 Å². The number of guanidine groups is 1. The van der Waals surface area contributed by atoms with Crippen molar-refractivity contribution in [1.29, 1.82) is 0 Å². The van der Waals surface area contributed by atoms with Crippen LogP contribution in [-0.2, 0) is 0 Å². The summed E-state index contributed by atoms with van der Waals surface area (Å²) in [5.41, 5.74) is 9.34. The molecule has 0 unspecified atom stereocenters. The van der Waals surface area contributed by atoms with Crippen molar-refractivity contribution in [2.45, 2.75) is 6.18 Å². The number of nitrogens with zero attached hydrogens (tertiary/aromatic N) is 2. The van der Waals surface area contributed by atoms with Gasteiger partial charge in [0.1, 0.15) is 6.21 Å². The summed E-state index contributed by atoms with van der Waals surface area (Å²) in [6, 6.07) is 0. The van der Waals surface area contributed by atoms with Crippen molar-refractivity contribution in [2.24, 2.45) is 21.7 Å². The van der Waals surface area contributed by atoms with Gasteiger partial charge in [0.25, 0.3) is 0 Å². The minimum Gasteiger partial charge on any atom is -0.369 e. The van der Waals surface area contributed by atoms with E-state index >= 15 is 0 Å². The summed E-state index contributed by atoms with van der Waals surface area (Å²) in [5, 5.41) is 5.26. The van der Waals surface area contributed by atoms with Crippen molar-refractivity contribution in [3.63, 3.8) is 0 Å². The number of rotatable bonds is 1. The van der Waals surface area contributed by atoms with Crippen LogP contribution in [-0.4, -0.2) is 18.4 Å². The molecule has 0 aliphatic heterocycles. The van der Waals surface area contributed by atoms with Gasteiger partial charge in [0, 0.05) is 0 Å². The van der Waals surface area contributed by atoms with Gasteiger partial charge in [-0.25, -0.2) is 0 Å². The van der Waals surface area contributed by atoms with Gasteiger partial charge in [-0.2, -0.15) is 18.3 Å². The highest BCUT2D eigenvalue weighted by Gasteiger charge is 2.23. The molecule has 11 heavy (non-hydrogen) atoms. The second-order valence-electron chi connectivity index (χ2n) is 1.31. The fourth-order valence-electron chi connectivity index (χ4n) is 0.161. The maximum Gasteiger partial charge on any atom is 0.428 e. The van der Waals surface area contributed by atoms with E-state index < -0.39 is 12.1 Å². The third-order valence-electron chi connectivity index (χ3n) is 0.377. The summed E-state index contributed by atoms with van der Waals surface area (Å²) in [4.78, 5) is 0. The van der Waals surface area contributed by atoms with E-state index in [0.29, 0.717) is 0 Å². The number of hydrogen-bond donors (Lipinski definition) is 2. The van der Waals surface area contributed by atoms with Crippen LogP contribution >= 0.6 is 12.4 Å². The van der Waals surface area contributed by atoms with Gasteiger partial charge in [-0.3, -0.25) is 0 Å². The summed E-state index contributed by atoms with van der Waals surface area (Å²) in [6.45, 7) is 0. The molecule has 0 bridgehead atoms. The van der Waals surface area contributed by atoms with Crippen molar-refractivity contribution < 1.29 is 13.2 Å². The first-order chi connectivity index (χ1) is 4.42. The van der Waals surface area contributed by atoms with E-state index in [2.05, 4.69) is 21.7 Å². The Morgan fingerprint density at radius 3 is 2.00 bits per heavy atom. The van der Waals surface area contributed by atoms with Crippen LogP contribution in [0, 0.1) is 0 Å². The number of alkyl halides is 3. The van der Waals surface area contributed by atoms with E-state index in [9.17, 15) is 13.2 Å². The number of hydrogen-bond acceptors (Lipinski definition) is 2. The first-order valence-corrected chi connectivity index (χ1v) is 2.11. The van der Waals surface area contributed by atoms with Crippen LogP contribution in [0.1, 0.15) is 0 Å². The van der Waals surface area contributed by atoms with Crippen LogP contribution in [0.2, 0.25) is 0 Å². The lowest BCUT2D eigenvalue weighted by atomic mass is 10.7. The van der Waals surface area contributed by atoms with E-state index in [0.717, 1.165) is 0 Å². The Bertz CT molecular complexity index is 158. The Morgan fingerprint density at radius 2 is 1.73 bits per heavy atom. The highest BCUT2D eigenvalue weighted by Crippen LogP contribution is 2.10. The third kappa shape index (κ3) is 12.3. The van der Waals surface area contributed by atoms with Crippen LogP contribution in [0.5, 0.6) is 0 Å². The molecule has 8 heteroatoms. The summed E-state index contributed by atoms with van der Waals surface area (Å²) in [5.74, 6) is -0.513. The maximum atomic E-state index is 11.2. The zero-order valence-corrected chi connectivity index (χ0v) is 5.99. The van der Waals surface area contributed by atoms with E-state index in [1.165, 1.54) is 0 Å². The first kappa shape index (κ1) is 12.7. The minimum absolute atomic E-state index is 0. The van der Waals surface area contributed by atoms with Crippen molar-refractivity contribution in [3.8, 4) is 0 Å². The molecule has 0 radical (unpaired) electrons. The lowest BCUT2D eigenvalue weighted by molar-refractivity contribution is -0.0537. The van der Waals surface area contributed by atoms with Crippen molar-refractivity contribution >= 4 is 24.6 Å². The predicted molar refractivity (Wildman–Crippen MR) is 37.6 cm³/mol. The lowest BCUT2D eigenvalue weighted by Gasteiger charge is -1.92. The Kier molecular flexibility index (Phi) is 5.50. The van der Waals surface area contributed by atoms with E-state index in [-0.39, 0.29) is 18.6 Å². The van der Waals surface area contributed by atoms with Crippen molar-refractivity contribution in [3.05, 3.63) is 0 Å². The molecular formula is C3H6ClF3N4. The molecule has 0 spiro atoms. The van der Waals surface area contributed by atoms with Crippen LogP contribution in [0.4, 0.5) is 13.2 Å². The molecule has 66 valence electrons. The van der Waals surface area contributed by atoms with Gasteiger partial charge < -0.3 is 11.5 Å². The van der Waals surface area contributed by atoms with Gasteiger partial charge in [0.2, 0.25) is 5.96 Å². The van der Waals surface area contributed by atoms with Crippen molar-refractivity contribution in [1.82, 2.24) is 0 Å². The zero-order valence-electron chi connectivity index (χ0n) is 5.17. The molecule has 0 heterocycles. The number of halogens is 4. The zero-order chi connectivity index (χ0) is 8.20. The van der Waals surface area contributed by atoms with Gasteiger partial charge >= 0.3 is 6.18 Å². The van der Waals surface area contributed by atoms with Crippen LogP contribution in [0.3, 0.4) is 0 Å². The molecule has 0 fully saturated rings. The largest absolute Gasteiger partial charge is 0.428 e. The van der Waals surface area contributed by atoms with Crippen LogP contribution < -0.4 is 11.5 Å². The second kappa shape index (κ2) is 4.78. The monoisotopic (exact) mass is 190 g/mol. The average molecular weight is 191 g/mol. The smallest absolute Gasteiger partial charge is 0.369 e. The first-order valence-electron chi connectivity index (χ1n) is 2.11. The van der Waals surface area contributed by atoms with Gasteiger partial charge in [-0.05, 0) is 0 Å². The molecule has 0 aromatic carbocycles. The van der Waals surface area contributed by atoms with Crippen LogP contribution in [0.15, 0.2) is 10.2 Å². The third-order valence-corrected chi connectivity index (χ3v) is 0.377. The molecule has 0 aliphatic rings. The summed E-state index contributed by atoms with van der Waals surface area (Å²) < 4.78 is 33.6. The molecule has 0 atom stereocenters. The van der Waals surface area contributed by atoms with Crippen molar-refractivity contribution in [2.75, 3.05) is 0 Å². The Morgan fingerprint density at radius 1 is 1.27 bits per heavy atom. The normalized spacial score (nSPS) is 10.8. The lowest BCUT2D eigenvalue weighted by Crippen LogP contribution is -2.22. The highest BCUT2D eigenvalue weighted by atomic mass is 35.5. The topological polar surface area (TPSA) is 76.8 Å². The molecule has 0 aromatic rings. The summed E-state index contributed by atoms with van der Waals surface area (Å²) >= 11 is 0. The van der Waals surface area contributed by atoms with Gasteiger partial charge in [-0.15, -0.1) is 17.5 Å². The summed E-state index contributed by atoms with van der Waals surface area (Å²) in [6.07, 6.45) is -4.79. The maximum absolute atomic E-state index is 11.2. The summed E-state index contributed by atoms with van der Waals surface area (Å²) in [7, 11) is 0. The predicted octanol–water partition coefficient (Wildman–Crippen LogP) is 0.230. The molecule has 0 rings (SSSR count). The molecule has 0 amide bonds. The molecule has 0 saturated heterocycles. The molecule has 4 nitrogen and oxygen atoms in total. The van der Waals surface area contributed by atoms with E-state index in [4.69, 9.17) is 0 Å². The standard InChI is InChI=1S/C3H5F3N4.ClH/c4-3(5,6)1-9-10-2(7)8;/h1H,(H4,7,8,10);1H/b9-1+;. The minimum atomic E-state index is -4.47. The Balaban J connectivity index is 0. The van der Waals surface area contributed by atoms with Crippen LogP contribution in [0.25, 0.3) is 0 Å². The molecule has 4 N–H and O–H groups in total. The van der Waals surface area contributed by atoms with E-state index in [1.54, 1.807) is 0 Å². The van der Waals surface area contributed by atoms with Gasteiger partial charge in [-0.1, -0.05) is 0 Å². The fraction of sp³-hybridized carbons (Fsp3) is 0.333. The quantitative estimate of drug-likeness (QED) is 0.353. The average Bonchev–Trinajstić information content (AvgIpc) is 1.59. The highest BCUT2D eigenvalue weighted by molar-refractivity contribution is 5.85. The molecule has 0 aliphatic carbocycles. The van der Waals surface area contributed by atoms with Gasteiger partial charge in [0.05, 0.1) is 0 Å². The Hall–Kier alpha value is -0.980.